The van der Waals surface area contributed by atoms with Gasteiger partial charge in [-0.1, -0.05) is 56.3 Å². The third-order valence-electron chi connectivity index (χ3n) is 4.51. The summed E-state index contributed by atoms with van der Waals surface area (Å²) in [5, 5.41) is 14.1. The van der Waals surface area contributed by atoms with E-state index in [4.69, 9.17) is 4.74 Å². The number of hydrogen-bond donors (Lipinski definition) is 1. The van der Waals surface area contributed by atoms with Crippen molar-refractivity contribution < 1.29 is 14.3 Å². The standard InChI is InChI=1S/C23H25N3O3/c1-5-29-22(28)17(4)25-26-20-13-11-19(12-14-20)23(15-24,21(27)16(2)3)18-9-7-6-8-10-18/h6-14,16,26H,5H2,1-4H3/t23-/m0/s1. The van der Waals surface area contributed by atoms with Crippen molar-refractivity contribution in [1.82, 2.24) is 0 Å². The predicted octanol–water partition coefficient (Wildman–Crippen LogP) is 4.07. The number of benzene rings is 2. The van der Waals surface area contributed by atoms with Gasteiger partial charge in [0.15, 0.2) is 11.2 Å². The summed E-state index contributed by atoms with van der Waals surface area (Å²) < 4.78 is 4.88. The molecule has 0 spiro atoms. The van der Waals surface area contributed by atoms with E-state index in [1.165, 1.54) is 0 Å². The first-order valence-corrected chi connectivity index (χ1v) is 9.45. The van der Waals surface area contributed by atoms with Crippen molar-refractivity contribution >= 4 is 23.2 Å². The molecule has 6 nitrogen and oxygen atoms in total. The maximum Gasteiger partial charge on any atom is 0.354 e. The summed E-state index contributed by atoms with van der Waals surface area (Å²) in [7, 11) is 0. The zero-order valence-electron chi connectivity index (χ0n) is 17.1. The zero-order valence-corrected chi connectivity index (χ0v) is 17.1. The fourth-order valence-electron chi connectivity index (χ4n) is 2.98. The maximum atomic E-state index is 13.1. The molecule has 6 heteroatoms. The van der Waals surface area contributed by atoms with Crippen molar-refractivity contribution in [3.8, 4) is 6.07 Å². The molecule has 0 aliphatic carbocycles. The fourth-order valence-corrected chi connectivity index (χ4v) is 2.98. The first-order chi connectivity index (χ1) is 13.9. The maximum absolute atomic E-state index is 13.1. The SMILES string of the molecule is CCOC(=O)C(C)=NNc1ccc([C@@](C#N)(C(=O)C(C)C)c2ccccc2)cc1. The van der Waals surface area contributed by atoms with E-state index in [0.717, 1.165) is 0 Å². The molecule has 0 bridgehead atoms. The van der Waals surface area contributed by atoms with Crippen molar-refractivity contribution in [1.29, 1.82) is 5.26 Å². The van der Waals surface area contributed by atoms with Crippen molar-refractivity contribution in [2.75, 3.05) is 12.0 Å². The van der Waals surface area contributed by atoms with Crippen molar-refractivity contribution in [2.24, 2.45) is 11.0 Å². The third-order valence-corrected chi connectivity index (χ3v) is 4.51. The monoisotopic (exact) mass is 391 g/mol. The number of Topliss-reactive ketones (excluding diaryl/α,β-unsaturated/α-hetero) is 1. The van der Waals surface area contributed by atoms with E-state index in [-0.39, 0.29) is 24.0 Å². The van der Waals surface area contributed by atoms with Gasteiger partial charge in [0, 0.05) is 5.92 Å². The van der Waals surface area contributed by atoms with Crippen LogP contribution in [0.2, 0.25) is 0 Å². The molecule has 0 fully saturated rings. The van der Waals surface area contributed by atoms with Gasteiger partial charge in [-0.2, -0.15) is 10.4 Å². The van der Waals surface area contributed by atoms with Crippen LogP contribution in [0.4, 0.5) is 5.69 Å². The van der Waals surface area contributed by atoms with E-state index in [1.54, 1.807) is 64.1 Å². The van der Waals surface area contributed by atoms with Crippen LogP contribution in [-0.4, -0.2) is 24.1 Å². The average molecular weight is 391 g/mol. The molecule has 0 aliphatic rings. The molecule has 2 aromatic carbocycles. The Labute approximate surface area is 171 Å². The van der Waals surface area contributed by atoms with Crippen molar-refractivity contribution in [3.63, 3.8) is 0 Å². The molecule has 2 aromatic rings. The first kappa shape index (κ1) is 21.8. The normalized spacial score (nSPS) is 13.3. The Bertz CT molecular complexity index is 928. The summed E-state index contributed by atoms with van der Waals surface area (Å²) in [4.78, 5) is 24.7. The van der Waals surface area contributed by atoms with Gasteiger partial charge in [-0.05, 0) is 37.1 Å². The highest BCUT2D eigenvalue weighted by molar-refractivity contribution is 6.35. The number of rotatable bonds is 8. The van der Waals surface area contributed by atoms with Gasteiger partial charge in [0.1, 0.15) is 5.71 Å². The van der Waals surface area contributed by atoms with Crippen LogP contribution in [-0.2, 0) is 19.7 Å². The number of nitriles is 1. The lowest BCUT2D eigenvalue weighted by molar-refractivity contribution is -0.135. The highest BCUT2D eigenvalue weighted by Gasteiger charge is 2.43. The Morgan fingerprint density at radius 1 is 1.10 bits per heavy atom. The third kappa shape index (κ3) is 4.69. The van der Waals surface area contributed by atoms with E-state index in [9.17, 15) is 14.9 Å². The van der Waals surface area contributed by atoms with Gasteiger partial charge < -0.3 is 4.74 Å². The smallest absolute Gasteiger partial charge is 0.354 e. The predicted molar refractivity (Wildman–Crippen MR) is 112 cm³/mol. The number of nitrogens with zero attached hydrogens (tertiary/aromatic N) is 2. The van der Waals surface area contributed by atoms with E-state index in [1.807, 2.05) is 18.2 Å². The molecule has 0 aromatic heterocycles. The lowest BCUT2D eigenvalue weighted by atomic mass is 9.69. The number of ether oxygens (including phenoxy) is 1. The Morgan fingerprint density at radius 2 is 1.69 bits per heavy atom. The zero-order chi connectivity index (χ0) is 21.4. The Balaban J connectivity index is 2.40. The molecular formula is C23H25N3O3. The molecule has 2 rings (SSSR count). The van der Waals surface area contributed by atoms with Gasteiger partial charge in [-0.25, -0.2) is 4.79 Å². The summed E-state index contributed by atoms with van der Waals surface area (Å²) >= 11 is 0. The number of esters is 1. The van der Waals surface area contributed by atoms with E-state index in [0.29, 0.717) is 16.8 Å². The summed E-state index contributed by atoms with van der Waals surface area (Å²) in [6.07, 6.45) is 0. The van der Waals surface area contributed by atoms with Crippen LogP contribution < -0.4 is 5.43 Å². The molecular weight excluding hydrogens is 366 g/mol. The summed E-state index contributed by atoms with van der Waals surface area (Å²) in [6.45, 7) is 7.14. The van der Waals surface area contributed by atoms with Crippen LogP contribution in [0.5, 0.6) is 0 Å². The van der Waals surface area contributed by atoms with Crippen LogP contribution in [0.1, 0.15) is 38.8 Å². The number of nitrogens with one attached hydrogen (secondary N) is 1. The van der Waals surface area contributed by atoms with Gasteiger partial charge in [-0.15, -0.1) is 0 Å². The fraction of sp³-hybridized carbons (Fsp3) is 0.304. The quantitative estimate of drug-likeness (QED) is 0.416. The lowest BCUT2D eigenvalue weighted by Gasteiger charge is -2.28. The molecule has 29 heavy (non-hydrogen) atoms. The molecule has 0 saturated carbocycles. The highest BCUT2D eigenvalue weighted by Crippen LogP contribution is 2.35. The molecule has 0 unspecified atom stereocenters. The molecule has 0 saturated heterocycles. The molecule has 1 N–H and O–H groups in total. The second kappa shape index (κ2) is 9.65. The van der Waals surface area contributed by atoms with Crippen LogP contribution in [0.25, 0.3) is 0 Å². The molecule has 0 radical (unpaired) electrons. The van der Waals surface area contributed by atoms with E-state index in [2.05, 4.69) is 16.6 Å². The summed E-state index contributed by atoms with van der Waals surface area (Å²) in [6, 6.07) is 18.2. The Hall–Kier alpha value is -3.46. The largest absolute Gasteiger partial charge is 0.461 e. The molecule has 0 amide bonds. The number of carbonyl (C=O) groups is 2. The van der Waals surface area contributed by atoms with E-state index >= 15 is 0 Å². The molecule has 1 atom stereocenters. The van der Waals surface area contributed by atoms with Crippen LogP contribution in [0.15, 0.2) is 59.7 Å². The lowest BCUT2D eigenvalue weighted by Crippen LogP contribution is -2.38. The second-order valence-electron chi connectivity index (χ2n) is 6.85. The van der Waals surface area contributed by atoms with E-state index < -0.39 is 11.4 Å². The molecule has 0 heterocycles. The Morgan fingerprint density at radius 3 is 2.21 bits per heavy atom. The minimum absolute atomic E-state index is 0.164. The van der Waals surface area contributed by atoms with Crippen molar-refractivity contribution in [3.05, 3.63) is 65.7 Å². The topological polar surface area (TPSA) is 91.5 Å². The number of anilines is 1. The molecule has 150 valence electrons. The van der Waals surface area contributed by atoms with Crippen LogP contribution in [0, 0.1) is 17.2 Å². The van der Waals surface area contributed by atoms with Gasteiger partial charge in [0.2, 0.25) is 0 Å². The van der Waals surface area contributed by atoms with Crippen LogP contribution >= 0.6 is 0 Å². The number of hydrogen-bond acceptors (Lipinski definition) is 6. The summed E-state index contributed by atoms with van der Waals surface area (Å²) in [5.74, 6) is -0.973. The highest BCUT2D eigenvalue weighted by atomic mass is 16.5. The van der Waals surface area contributed by atoms with Crippen molar-refractivity contribution in [2.45, 2.75) is 33.1 Å². The van der Waals surface area contributed by atoms with Gasteiger partial charge in [-0.3, -0.25) is 10.2 Å². The Kier molecular flexibility index (Phi) is 7.27. The summed E-state index contributed by atoms with van der Waals surface area (Å²) in [5.41, 5.74) is 3.44. The molecule has 0 aliphatic heterocycles. The minimum atomic E-state index is -1.39. The minimum Gasteiger partial charge on any atom is -0.461 e. The number of hydrazone groups is 1. The number of ketones is 1. The number of carbonyl (C=O) groups excluding carboxylic acids is 2. The first-order valence-electron chi connectivity index (χ1n) is 9.45. The van der Waals surface area contributed by atoms with Gasteiger partial charge in [0.25, 0.3) is 0 Å². The van der Waals surface area contributed by atoms with Gasteiger partial charge in [0.05, 0.1) is 18.4 Å². The average Bonchev–Trinajstić information content (AvgIpc) is 2.74. The van der Waals surface area contributed by atoms with Crippen LogP contribution in [0.3, 0.4) is 0 Å². The second-order valence-corrected chi connectivity index (χ2v) is 6.85. The van der Waals surface area contributed by atoms with Gasteiger partial charge >= 0.3 is 5.97 Å².